The van der Waals surface area contributed by atoms with Crippen LogP contribution in [0.4, 0.5) is 10.5 Å². The van der Waals surface area contributed by atoms with Gasteiger partial charge in [0.05, 0.1) is 11.9 Å². The second-order valence-corrected chi connectivity index (χ2v) is 7.90. The van der Waals surface area contributed by atoms with Crippen LogP contribution in [0.3, 0.4) is 0 Å². The predicted molar refractivity (Wildman–Crippen MR) is 121 cm³/mol. The summed E-state index contributed by atoms with van der Waals surface area (Å²) in [4.78, 5) is 36.8. The summed E-state index contributed by atoms with van der Waals surface area (Å²) >= 11 is 0. The first-order chi connectivity index (χ1) is 15.8. The maximum Gasteiger partial charge on any atom is 0.411 e. The van der Waals surface area contributed by atoms with Gasteiger partial charge < -0.3 is 14.7 Å². The van der Waals surface area contributed by atoms with Crippen LogP contribution in [0, 0.1) is 0 Å². The Bertz CT molecular complexity index is 1160. The Balaban J connectivity index is 1.35. The quantitative estimate of drug-likeness (QED) is 0.574. The lowest BCUT2D eigenvalue weighted by Crippen LogP contribution is -2.41. The molecule has 1 aliphatic rings. The number of nitrogens with one attached hydrogen (secondary N) is 1. The smallest absolute Gasteiger partial charge is 0.411 e. The van der Waals surface area contributed by atoms with Crippen LogP contribution in [0.15, 0.2) is 60.9 Å². The third-order valence-electron chi connectivity index (χ3n) is 5.85. The fraction of sp³-hybridized carbons (Fsp3) is 0.250. The third kappa shape index (κ3) is 4.57. The molecule has 9 heteroatoms. The van der Waals surface area contributed by atoms with Gasteiger partial charge in [0.15, 0.2) is 0 Å². The number of carbonyl (C=O) groups is 3. The Hall–Kier alpha value is -4.14. The molecule has 1 unspecified atom stereocenters. The van der Waals surface area contributed by atoms with Crippen LogP contribution in [0.1, 0.15) is 24.0 Å². The van der Waals surface area contributed by atoms with Gasteiger partial charge in [-0.3, -0.25) is 14.8 Å². The molecule has 9 nitrogen and oxygen atoms in total. The van der Waals surface area contributed by atoms with Crippen molar-refractivity contribution in [2.45, 2.75) is 25.4 Å². The molecule has 0 bridgehead atoms. The molecule has 4 rings (SSSR count). The first kappa shape index (κ1) is 22.1. The van der Waals surface area contributed by atoms with Gasteiger partial charge in [0, 0.05) is 19.2 Å². The number of hydrogen-bond acceptors (Lipinski definition) is 5. The van der Waals surface area contributed by atoms with Crippen LogP contribution in [0.2, 0.25) is 0 Å². The number of anilines is 1. The van der Waals surface area contributed by atoms with Gasteiger partial charge in [-0.05, 0) is 29.2 Å². The van der Waals surface area contributed by atoms with E-state index in [9.17, 15) is 14.4 Å². The Labute approximate surface area is 190 Å². The summed E-state index contributed by atoms with van der Waals surface area (Å²) in [6, 6.07) is 15.2. The summed E-state index contributed by atoms with van der Waals surface area (Å²) in [5, 5.41) is 15.7. The normalized spacial score (nSPS) is 13.0. The molecule has 0 radical (unpaired) electrons. The van der Waals surface area contributed by atoms with E-state index in [4.69, 9.17) is 9.84 Å². The molecule has 0 aliphatic heterocycles. The van der Waals surface area contributed by atoms with Crippen molar-refractivity contribution < 1.29 is 24.2 Å². The van der Waals surface area contributed by atoms with E-state index in [1.165, 1.54) is 31.0 Å². The highest BCUT2D eigenvalue weighted by molar-refractivity contribution is 5.85. The number of ether oxygens (including phenoxy) is 1. The Morgan fingerprint density at radius 3 is 2.33 bits per heavy atom. The maximum atomic E-state index is 12.4. The fourth-order valence-electron chi connectivity index (χ4n) is 3.90. The van der Waals surface area contributed by atoms with Crippen molar-refractivity contribution in [1.29, 1.82) is 0 Å². The monoisotopic (exact) mass is 448 g/mol. The highest BCUT2D eigenvalue weighted by Gasteiger charge is 2.29. The van der Waals surface area contributed by atoms with E-state index in [1.54, 1.807) is 0 Å². The van der Waals surface area contributed by atoms with E-state index in [0.29, 0.717) is 5.69 Å². The molecule has 1 aromatic heterocycles. The van der Waals surface area contributed by atoms with E-state index in [2.05, 4.69) is 22.5 Å². The lowest BCUT2D eigenvalue weighted by Gasteiger charge is -2.21. The molecule has 2 amide bonds. The number of fused-ring (bicyclic) bond motifs is 3. The number of nitrogens with zero attached hydrogens (tertiary/aromatic N) is 3. The number of likely N-dealkylation sites (N-methyl/N-ethyl adjacent to an activating group) is 1. The number of carboxylic acids is 1. The van der Waals surface area contributed by atoms with Crippen molar-refractivity contribution in [3.8, 4) is 11.1 Å². The molecule has 1 aliphatic carbocycles. The van der Waals surface area contributed by atoms with Crippen LogP contribution >= 0.6 is 0 Å². The zero-order chi connectivity index (χ0) is 23.5. The minimum atomic E-state index is -1.09. The van der Waals surface area contributed by atoms with Gasteiger partial charge in [0.1, 0.15) is 19.2 Å². The molecule has 3 aromatic rings. The Morgan fingerprint density at radius 1 is 1.12 bits per heavy atom. The van der Waals surface area contributed by atoms with Crippen molar-refractivity contribution >= 4 is 23.7 Å². The maximum absolute atomic E-state index is 12.4. The summed E-state index contributed by atoms with van der Waals surface area (Å²) < 4.78 is 6.83. The minimum absolute atomic E-state index is 0.0461. The summed E-state index contributed by atoms with van der Waals surface area (Å²) in [5.41, 5.74) is 4.91. The van der Waals surface area contributed by atoms with E-state index >= 15 is 0 Å². The van der Waals surface area contributed by atoms with Gasteiger partial charge in [-0.2, -0.15) is 5.10 Å². The molecule has 0 spiro atoms. The van der Waals surface area contributed by atoms with Crippen molar-refractivity contribution in [2.75, 3.05) is 19.0 Å². The number of carbonyl (C=O) groups excluding carboxylic acids is 2. The average molecular weight is 448 g/mol. The zero-order valence-corrected chi connectivity index (χ0v) is 18.3. The van der Waals surface area contributed by atoms with Crippen molar-refractivity contribution in [1.82, 2.24) is 14.7 Å². The van der Waals surface area contributed by atoms with Gasteiger partial charge in [0.2, 0.25) is 5.91 Å². The Kier molecular flexibility index (Phi) is 6.12. The molecule has 1 heterocycles. The zero-order valence-electron chi connectivity index (χ0n) is 18.3. The number of aliphatic carboxylic acids is 1. The van der Waals surface area contributed by atoms with Crippen molar-refractivity contribution in [3.05, 3.63) is 72.1 Å². The minimum Gasteiger partial charge on any atom is -0.480 e. The number of rotatable bonds is 7. The van der Waals surface area contributed by atoms with Crippen LogP contribution < -0.4 is 5.32 Å². The summed E-state index contributed by atoms with van der Waals surface area (Å²) in [7, 11) is 1.42. The van der Waals surface area contributed by atoms with Crippen LogP contribution in [-0.2, 0) is 20.9 Å². The lowest BCUT2D eigenvalue weighted by atomic mass is 9.98. The van der Waals surface area contributed by atoms with Crippen molar-refractivity contribution in [2.24, 2.45) is 0 Å². The second-order valence-electron chi connectivity index (χ2n) is 7.90. The molecule has 0 saturated carbocycles. The summed E-state index contributed by atoms with van der Waals surface area (Å²) in [5.74, 6) is -1.56. The lowest BCUT2D eigenvalue weighted by molar-refractivity contribution is -0.148. The van der Waals surface area contributed by atoms with Crippen LogP contribution in [0.5, 0.6) is 0 Å². The fourth-order valence-corrected chi connectivity index (χ4v) is 3.90. The number of benzene rings is 2. The topological polar surface area (TPSA) is 114 Å². The average Bonchev–Trinajstić information content (AvgIpc) is 3.38. The van der Waals surface area contributed by atoms with Gasteiger partial charge in [-0.1, -0.05) is 48.5 Å². The van der Waals surface area contributed by atoms with Gasteiger partial charge in [-0.15, -0.1) is 0 Å². The summed E-state index contributed by atoms with van der Waals surface area (Å²) in [6.45, 7) is 1.46. The molecule has 33 heavy (non-hydrogen) atoms. The highest BCUT2D eigenvalue weighted by atomic mass is 16.5. The molecule has 2 aromatic carbocycles. The third-order valence-corrected chi connectivity index (χ3v) is 5.85. The molecule has 0 fully saturated rings. The van der Waals surface area contributed by atoms with Gasteiger partial charge in [-0.25, -0.2) is 9.59 Å². The largest absolute Gasteiger partial charge is 0.480 e. The standard InChI is InChI=1S/C24H24N4O5/c1-15(23(30)31)27(2)22(29)13-28-12-16(11-25-28)26-24(32)33-14-21-19-9-5-3-7-17(19)18-8-4-6-10-20(18)21/h3-12,15,21H,13-14H2,1-2H3,(H,26,32)(H,30,31). The molecular formula is C24H24N4O5. The second kappa shape index (κ2) is 9.15. The van der Waals surface area contributed by atoms with Crippen molar-refractivity contribution in [3.63, 3.8) is 0 Å². The highest BCUT2D eigenvalue weighted by Crippen LogP contribution is 2.44. The van der Waals surface area contributed by atoms with E-state index in [1.807, 2.05) is 36.4 Å². The van der Waals surface area contributed by atoms with Crippen LogP contribution in [0.25, 0.3) is 11.1 Å². The SMILES string of the molecule is CC(C(=O)O)N(C)C(=O)Cn1cc(NC(=O)OCC2c3ccccc3-c3ccccc32)cn1. The predicted octanol–water partition coefficient (Wildman–Crippen LogP) is 3.18. The van der Waals surface area contributed by atoms with E-state index in [0.717, 1.165) is 27.2 Å². The van der Waals surface area contributed by atoms with E-state index in [-0.39, 0.29) is 19.1 Å². The number of hydrogen-bond donors (Lipinski definition) is 2. The molecule has 0 saturated heterocycles. The molecular weight excluding hydrogens is 424 g/mol. The van der Waals surface area contributed by atoms with Gasteiger partial charge >= 0.3 is 12.1 Å². The van der Waals surface area contributed by atoms with Crippen LogP contribution in [-0.4, -0.2) is 57.5 Å². The summed E-state index contributed by atoms with van der Waals surface area (Å²) in [6.07, 6.45) is 2.26. The number of aromatic nitrogens is 2. The first-order valence-electron chi connectivity index (χ1n) is 10.5. The van der Waals surface area contributed by atoms with E-state index < -0.39 is 24.0 Å². The first-order valence-corrected chi connectivity index (χ1v) is 10.5. The Morgan fingerprint density at radius 2 is 1.73 bits per heavy atom. The number of amides is 2. The molecule has 2 N–H and O–H groups in total. The van der Waals surface area contributed by atoms with Gasteiger partial charge in [0.25, 0.3) is 0 Å². The molecule has 170 valence electrons. The number of carboxylic acid groups (broad SMARTS) is 1. The molecule has 1 atom stereocenters.